The summed E-state index contributed by atoms with van der Waals surface area (Å²) in [5.41, 5.74) is 2.47. The number of urea groups is 1. The highest BCUT2D eigenvalue weighted by Crippen LogP contribution is 2.48. The van der Waals surface area contributed by atoms with Crippen LogP contribution in [0.5, 0.6) is 0 Å². The number of amides is 2. The van der Waals surface area contributed by atoms with E-state index in [0.29, 0.717) is 12.0 Å². The van der Waals surface area contributed by atoms with Crippen LogP contribution in [0.4, 0.5) is 4.79 Å². The normalized spacial score (nSPS) is 15.5. The molecule has 0 aromatic heterocycles. The summed E-state index contributed by atoms with van der Waals surface area (Å²) in [6, 6.07) is 7.75. The van der Waals surface area contributed by atoms with E-state index < -0.39 is 0 Å². The van der Waals surface area contributed by atoms with Crippen molar-refractivity contribution >= 4 is 6.03 Å². The zero-order valence-corrected chi connectivity index (χ0v) is 12.8. The molecule has 1 fully saturated rings. The fourth-order valence-electron chi connectivity index (χ4n) is 2.68. The fourth-order valence-corrected chi connectivity index (χ4v) is 2.68. The maximum absolute atomic E-state index is 11.8. The number of benzene rings is 1. The molecule has 1 aromatic carbocycles. The van der Waals surface area contributed by atoms with Gasteiger partial charge in [0.05, 0.1) is 6.61 Å². The van der Waals surface area contributed by atoms with Crippen molar-refractivity contribution in [2.24, 2.45) is 5.41 Å². The highest BCUT2D eigenvalue weighted by Gasteiger charge is 2.41. The summed E-state index contributed by atoms with van der Waals surface area (Å²) in [5.74, 6) is 0. The molecule has 0 atom stereocenters. The van der Waals surface area contributed by atoms with Gasteiger partial charge in [-0.05, 0) is 42.2 Å². The van der Waals surface area contributed by atoms with Gasteiger partial charge in [0.25, 0.3) is 0 Å². The second-order valence-electron chi connectivity index (χ2n) is 6.08. The molecular formula is C17H26N2O2. The zero-order chi connectivity index (χ0) is 15.1. The largest absolute Gasteiger partial charge is 0.392 e. The van der Waals surface area contributed by atoms with Crippen LogP contribution in [0.1, 0.15) is 43.7 Å². The molecule has 0 unspecified atom stereocenters. The van der Waals surface area contributed by atoms with E-state index in [2.05, 4.69) is 17.6 Å². The van der Waals surface area contributed by atoms with E-state index in [1.54, 1.807) is 0 Å². The van der Waals surface area contributed by atoms with Crippen LogP contribution in [0.3, 0.4) is 0 Å². The molecule has 4 nitrogen and oxygen atoms in total. The summed E-state index contributed by atoms with van der Waals surface area (Å²) in [6.07, 6.45) is 5.70. The highest BCUT2D eigenvalue weighted by molar-refractivity contribution is 5.73. The Morgan fingerprint density at radius 1 is 1.19 bits per heavy atom. The van der Waals surface area contributed by atoms with Crippen LogP contribution in [0, 0.1) is 5.41 Å². The summed E-state index contributed by atoms with van der Waals surface area (Å²) in [5, 5.41) is 14.9. The van der Waals surface area contributed by atoms with Gasteiger partial charge < -0.3 is 15.7 Å². The minimum Gasteiger partial charge on any atom is -0.392 e. The lowest BCUT2D eigenvalue weighted by Gasteiger charge is -2.15. The lowest BCUT2D eigenvalue weighted by atomic mass is 10.0. The van der Waals surface area contributed by atoms with Gasteiger partial charge in [-0.3, -0.25) is 0 Å². The summed E-state index contributed by atoms with van der Waals surface area (Å²) in [4.78, 5) is 11.8. The van der Waals surface area contributed by atoms with Crippen molar-refractivity contribution in [3.05, 3.63) is 35.4 Å². The zero-order valence-electron chi connectivity index (χ0n) is 12.8. The first-order chi connectivity index (χ1) is 10.2. The Kier molecular flexibility index (Phi) is 5.62. The van der Waals surface area contributed by atoms with Crippen molar-refractivity contribution in [1.82, 2.24) is 10.6 Å². The SMILES string of the molecule is CCCC1(CNC(=O)NCCc2ccc(CO)cc2)CC1. The maximum atomic E-state index is 11.8. The summed E-state index contributed by atoms with van der Waals surface area (Å²) in [7, 11) is 0. The molecular weight excluding hydrogens is 264 g/mol. The van der Waals surface area contributed by atoms with Crippen LogP contribution >= 0.6 is 0 Å². The smallest absolute Gasteiger partial charge is 0.314 e. The number of aliphatic hydroxyl groups is 1. The van der Waals surface area contributed by atoms with Crippen LogP contribution < -0.4 is 10.6 Å². The van der Waals surface area contributed by atoms with E-state index >= 15 is 0 Å². The Hall–Kier alpha value is -1.55. The standard InChI is InChI=1S/C17H26N2O2/c1-2-8-17(9-10-17)13-19-16(21)18-11-7-14-3-5-15(12-20)6-4-14/h3-6,20H,2,7-13H2,1H3,(H2,18,19,21). The van der Waals surface area contributed by atoms with Gasteiger partial charge in [-0.1, -0.05) is 37.6 Å². The number of rotatable bonds is 8. The van der Waals surface area contributed by atoms with Gasteiger partial charge in [-0.2, -0.15) is 0 Å². The van der Waals surface area contributed by atoms with Crippen molar-refractivity contribution in [3.8, 4) is 0 Å². The Labute approximate surface area is 126 Å². The maximum Gasteiger partial charge on any atom is 0.314 e. The van der Waals surface area contributed by atoms with Gasteiger partial charge in [0, 0.05) is 13.1 Å². The highest BCUT2D eigenvalue weighted by atomic mass is 16.3. The van der Waals surface area contributed by atoms with Crippen LogP contribution in [-0.4, -0.2) is 24.2 Å². The second-order valence-corrected chi connectivity index (χ2v) is 6.08. The topological polar surface area (TPSA) is 61.4 Å². The van der Waals surface area contributed by atoms with Gasteiger partial charge in [-0.25, -0.2) is 4.79 Å². The molecule has 1 aromatic rings. The van der Waals surface area contributed by atoms with Crippen LogP contribution in [-0.2, 0) is 13.0 Å². The molecule has 1 aliphatic carbocycles. The minimum absolute atomic E-state index is 0.0654. The van der Waals surface area contributed by atoms with Gasteiger partial charge in [0.15, 0.2) is 0 Å². The molecule has 1 saturated carbocycles. The molecule has 0 aliphatic heterocycles. The van der Waals surface area contributed by atoms with Crippen LogP contribution in [0.15, 0.2) is 24.3 Å². The second kappa shape index (κ2) is 7.46. The molecule has 0 heterocycles. The lowest BCUT2D eigenvalue weighted by Crippen LogP contribution is -2.39. The van der Waals surface area contributed by atoms with E-state index in [1.807, 2.05) is 24.3 Å². The van der Waals surface area contributed by atoms with Crippen molar-refractivity contribution in [2.45, 2.75) is 45.6 Å². The average molecular weight is 290 g/mol. The van der Waals surface area contributed by atoms with E-state index in [0.717, 1.165) is 24.1 Å². The van der Waals surface area contributed by atoms with Crippen molar-refractivity contribution in [2.75, 3.05) is 13.1 Å². The molecule has 0 bridgehead atoms. The predicted molar refractivity (Wildman–Crippen MR) is 84.0 cm³/mol. The lowest BCUT2D eigenvalue weighted by molar-refractivity contribution is 0.237. The monoisotopic (exact) mass is 290 g/mol. The van der Waals surface area contributed by atoms with Gasteiger partial charge >= 0.3 is 6.03 Å². The molecule has 1 aliphatic rings. The van der Waals surface area contributed by atoms with Crippen molar-refractivity contribution in [3.63, 3.8) is 0 Å². The minimum atomic E-state index is -0.0654. The fraction of sp³-hybridized carbons (Fsp3) is 0.588. The summed E-state index contributed by atoms with van der Waals surface area (Å²) in [6.45, 7) is 3.70. The first-order valence-electron chi connectivity index (χ1n) is 7.88. The quantitative estimate of drug-likeness (QED) is 0.689. The predicted octanol–water partition coefficient (Wildman–Crippen LogP) is 2.60. The number of aliphatic hydroxyl groups excluding tert-OH is 1. The van der Waals surface area contributed by atoms with Crippen LogP contribution in [0.25, 0.3) is 0 Å². The summed E-state index contributed by atoms with van der Waals surface area (Å²) < 4.78 is 0. The molecule has 3 N–H and O–H groups in total. The van der Waals surface area contributed by atoms with E-state index in [1.165, 1.54) is 25.7 Å². The molecule has 0 saturated heterocycles. The number of carbonyl (C=O) groups excluding carboxylic acids is 1. The Morgan fingerprint density at radius 2 is 1.86 bits per heavy atom. The third-order valence-electron chi connectivity index (χ3n) is 4.27. The van der Waals surface area contributed by atoms with Crippen molar-refractivity contribution in [1.29, 1.82) is 0 Å². The average Bonchev–Trinajstić information content (AvgIpc) is 3.26. The number of hydrogen-bond donors (Lipinski definition) is 3. The van der Waals surface area contributed by atoms with E-state index in [4.69, 9.17) is 5.11 Å². The summed E-state index contributed by atoms with van der Waals surface area (Å²) >= 11 is 0. The third kappa shape index (κ3) is 5.05. The van der Waals surface area contributed by atoms with Gasteiger partial charge in [0.1, 0.15) is 0 Å². The molecule has 4 heteroatoms. The molecule has 116 valence electrons. The third-order valence-corrected chi connectivity index (χ3v) is 4.27. The van der Waals surface area contributed by atoms with E-state index in [9.17, 15) is 4.79 Å². The molecule has 2 rings (SSSR count). The van der Waals surface area contributed by atoms with Gasteiger partial charge in [-0.15, -0.1) is 0 Å². The molecule has 0 radical (unpaired) electrons. The number of nitrogens with one attached hydrogen (secondary N) is 2. The first kappa shape index (κ1) is 15.8. The first-order valence-corrected chi connectivity index (χ1v) is 7.88. The Morgan fingerprint density at radius 3 is 2.43 bits per heavy atom. The Balaban J connectivity index is 1.62. The van der Waals surface area contributed by atoms with E-state index in [-0.39, 0.29) is 12.6 Å². The Bertz CT molecular complexity index is 452. The molecule has 2 amide bonds. The molecule has 21 heavy (non-hydrogen) atoms. The van der Waals surface area contributed by atoms with Gasteiger partial charge in [0.2, 0.25) is 0 Å². The molecule has 0 spiro atoms. The van der Waals surface area contributed by atoms with Crippen LogP contribution in [0.2, 0.25) is 0 Å². The number of carbonyl (C=O) groups is 1. The number of hydrogen-bond acceptors (Lipinski definition) is 2. The van der Waals surface area contributed by atoms with Crippen molar-refractivity contribution < 1.29 is 9.90 Å².